The van der Waals surface area contributed by atoms with E-state index < -0.39 is 24.4 Å². The third-order valence-electron chi connectivity index (χ3n) is 4.93. The van der Waals surface area contributed by atoms with E-state index in [1.165, 1.54) is 0 Å². The number of piperidine rings is 1. The van der Waals surface area contributed by atoms with Gasteiger partial charge >= 0.3 is 0 Å². The number of amides is 1. The molecule has 0 unspecified atom stereocenters. The summed E-state index contributed by atoms with van der Waals surface area (Å²) in [5.41, 5.74) is 0.911. The molecule has 2 rings (SSSR count). The largest absolute Gasteiger partial charge is 0.497 e. The molecule has 1 saturated heterocycles. The van der Waals surface area contributed by atoms with Gasteiger partial charge in [-0.3, -0.25) is 9.69 Å². The van der Waals surface area contributed by atoms with Crippen molar-refractivity contribution in [2.45, 2.75) is 43.6 Å². The summed E-state index contributed by atoms with van der Waals surface area (Å²) in [5, 5.41) is 41.7. The zero-order chi connectivity index (χ0) is 19.8. The summed E-state index contributed by atoms with van der Waals surface area (Å²) in [4.78, 5) is 13.8. The number of carbonyl (C=O) groups is 1. The van der Waals surface area contributed by atoms with Crippen LogP contribution in [-0.4, -0.2) is 88.9 Å². The first kappa shape index (κ1) is 21.6. The van der Waals surface area contributed by atoms with Crippen LogP contribution in [0.4, 0.5) is 0 Å². The Morgan fingerprint density at radius 2 is 1.89 bits per heavy atom. The van der Waals surface area contributed by atoms with Crippen molar-refractivity contribution in [2.75, 3.05) is 33.4 Å². The Hall–Kier alpha value is -1.71. The van der Waals surface area contributed by atoms with Crippen LogP contribution < -0.4 is 10.1 Å². The third-order valence-corrected chi connectivity index (χ3v) is 4.93. The second kappa shape index (κ2) is 10.6. The monoisotopic (exact) mass is 382 g/mol. The minimum absolute atomic E-state index is 0.0552. The van der Waals surface area contributed by atoms with E-state index in [2.05, 4.69) is 5.32 Å². The smallest absolute Gasteiger partial charge is 0.224 e. The first-order valence-corrected chi connectivity index (χ1v) is 9.25. The number of hydrogen-bond acceptors (Lipinski definition) is 7. The van der Waals surface area contributed by atoms with Gasteiger partial charge in [0.25, 0.3) is 0 Å². The van der Waals surface area contributed by atoms with Crippen LogP contribution in [0.1, 0.15) is 18.4 Å². The van der Waals surface area contributed by atoms with E-state index in [0.29, 0.717) is 19.5 Å². The Morgan fingerprint density at radius 1 is 1.19 bits per heavy atom. The van der Waals surface area contributed by atoms with E-state index in [-0.39, 0.29) is 19.1 Å². The van der Waals surface area contributed by atoms with Gasteiger partial charge in [-0.15, -0.1) is 0 Å². The number of nitrogens with one attached hydrogen (secondary N) is 1. The van der Waals surface area contributed by atoms with Crippen LogP contribution in [0.5, 0.6) is 5.75 Å². The summed E-state index contributed by atoms with van der Waals surface area (Å²) < 4.78 is 5.09. The maximum atomic E-state index is 12.0. The second-order valence-electron chi connectivity index (χ2n) is 6.88. The van der Waals surface area contributed by atoms with Crippen LogP contribution in [0.15, 0.2) is 24.3 Å². The van der Waals surface area contributed by atoms with Crippen molar-refractivity contribution in [1.82, 2.24) is 10.2 Å². The fraction of sp³-hybridized carbons (Fsp3) is 0.632. The first-order valence-electron chi connectivity index (χ1n) is 9.25. The molecule has 1 aromatic rings. The van der Waals surface area contributed by atoms with Crippen LogP contribution in [0.25, 0.3) is 0 Å². The van der Waals surface area contributed by atoms with Gasteiger partial charge in [-0.05, 0) is 37.1 Å². The highest BCUT2D eigenvalue weighted by Gasteiger charge is 2.40. The fourth-order valence-electron chi connectivity index (χ4n) is 3.29. The molecule has 0 saturated carbocycles. The van der Waals surface area contributed by atoms with Gasteiger partial charge in [0.1, 0.15) is 18.0 Å². The van der Waals surface area contributed by atoms with E-state index in [0.717, 1.165) is 24.2 Å². The van der Waals surface area contributed by atoms with E-state index in [4.69, 9.17) is 4.74 Å². The first-order chi connectivity index (χ1) is 13.0. The molecule has 1 aromatic carbocycles. The van der Waals surface area contributed by atoms with Gasteiger partial charge in [0.05, 0.1) is 32.3 Å². The maximum Gasteiger partial charge on any atom is 0.224 e. The minimum Gasteiger partial charge on any atom is -0.497 e. The molecule has 0 radical (unpaired) electrons. The summed E-state index contributed by atoms with van der Waals surface area (Å²) in [6, 6.07) is 6.76. The zero-order valence-electron chi connectivity index (χ0n) is 15.6. The summed E-state index contributed by atoms with van der Waals surface area (Å²) >= 11 is 0. The van der Waals surface area contributed by atoms with E-state index in [1.807, 2.05) is 24.3 Å². The number of ether oxygens (including phenoxy) is 1. The van der Waals surface area contributed by atoms with E-state index in [1.54, 1.807) is 12.0 Å². The number of unbranched alkanes of at least 4 members (excludes halogenated alkanes) is 1. The lowest BCUT2D eigenvalue weighted by molar-refractivity contribution is -0.145. The average Bonchev–Trinajstić information content (AvgIpc) is 2.66. The predicted molar refractivity (Wildman–Crippen MR) is 99.4 cm³/mol. The van der Waals surface area contributed by atoms with Gasteiger partial charge in [-0.1, -0.05) is 12.1 Å². The van der Waals surface area contributed by atoms with Crippen molar-refractivity contribution in [1.29, 1.82) is 0 Å². The van der Waals surface area contributed by atoms with Crippen molar-refractivity contribution in [3.05, 3.63) is 29.8 Å². The molecule has 8 heteroatoms. The standard InChI is InChI=1S/C19H30N2O6/c1-27-14-6-4-13(5-7-14)10-17(24)20-8-2-3-9-21-11-16(23)19(26)18(25)15(21)12-22/h4-7,15-16,18-19,22-23,25-26H,2-3,8-12H2,1H3,(H,20,24)/t15-,16+,18-,19-/m1/s1. The number of β-amino-alcohol motifs (C(OH)–C–C–N with tert-alkyl or cyclic N) is 1. The molecular weight excluding hydrogens is 352 g/mol. The Kier molecular flexibility index (Phi) is 8.46. The van der Waals surface area contributed by atoms with Gasteiger partial charge in [-0.2, -0.15) is 0 Å². The molecule has 4 atom stereocenters. The van der Waals surface area contributed by atoms with Crippen molar-refractivity contribution >= 4 is 5.91 Å². The summed E-state index contributed by atoms with van der Waals surface area (Å²) in [7, 11) is 1.60. The molecule has 8 nitrogen and oxygen atoms in total. The quantitative estimate of drug-likeness (QED) is 0.343. The average molecular weight is 382 g/mol. The van der Waals surface area contributed by atoms with Crippen molar-refractivity contribution in [3.8, 4) is 5.75 Å². The molecule has 1 amide bonds. The van der Waals surface area contributed by atoms with Crippen molar-refractivity contribution in [2.24, 2.45) is 0 Å². The number of nitrogens with zero attached hydrogens (tertiary/aromatic N) is 1. The number of likely N-dealkylation sites (tertiary alicyclic amines) is 1. The molecule has 1 aliphatic rings. The van der Waals surface area contributed by atoms with Gasteiger partial charge in [0.2, 0.25) is 5.91 Å². The Balaban J connectivity index is 1.66. The molecule has 0 aromatic heterocycles. The number of aliphatic hydroxyl groups excluding tert-OH is 4. The minimum atomic E-state index is -1.24. The molecule has 152 valence electrons. The molecule has 0 bridgehead atoms. The molecule has 0 spiro atoms. The lowest BCUT2D eigenvalue weighted by atomic mass is 9.94. The highest BCUT2D eigenvalue weighted by atomic mass is 16.5. The lowest BCUT2D eigenvalue weighted by Gasteiger charge is -2.43. The zero-order valence-corrected chi connectivity index (χ0v) is 15.6. The third kappa shape index (κ3) is 6.15. The van der Waals surface area contributed by atoms with Crippen LogP contribution in [-0.2, 0) is 11.2 Å². The number of rotatable bonds is 9. The summed E-state index contributed by atoms with van der Waals surface area (Å²) in [6.45, 7) is 0.998. The van der Waals surface area contributed by atoms with Crippen LogP contribution in [0, 0.1) is 0 Å². The Bertz CT molecular complexity index is 582. The highest BCUT2D eigenvalue weighted by molar-refractivity contribution is 5.78. The normalized spacial score (nSPS) is 26.0. The highest BCUT2D eigenvalue weighted by Crippen LogP contribution is 2.19. The predicted octanol–water partition coefficient (Wildman–Crippen LogP) is -1.11. The van der Waals surface area contributed by atoms with E-state index >= 15 is 0 Å². The van der Waals surface area contributed by atoms with Crippen molar-refractivity contribution < 1.29 is 30.0 Å². The molecule has 1 aliphatic heterocycles. The van der Waals surface area contributed by atoms with E-state index in [9.17, 15) is 25.2 Å². The van der Waals surface area contributed by atoms with Gasteiger partial charge in [-0.25, -0.2) is 0 Å². The molecule has 5 N–H and O–H groups in total. The number of hydrogen-bond donors (Lipinski definition) is 5. The lowest BCUT2D eigenvalue weighted by Crippen LogP contribution is -2.62. The molecule has 1 fully saturated rings. The molecular formula is C19H30N2O6. The van der Waals surface area contributed by atoms with Gasteiger partial charge in [0.15, 0.2) is 0 Å². The van der Waals surface area contributed by atoms with Crippen LogP contribution in [0.3, 0.4) is 0 Å². The summed E-state index contributed by atoms with van der Waals surface area (Å²) in [6.07, 6.45) is -1.68. The van der Waals surface area contributed by atoms with Gasteiger partial charge in [0, 0.05) is 13.1 Å². The molecule has 27 heavy (non-hydrogen) atoms. The van der Waals surface area contributed by atoms with Crippen LogP contribution >= 0.6 is 0 Å². The molecule has 0 aliphatic carbocycles. The Labute approximate surface area is 159 Å². The molecule has 1 heterocycles. The van der Waals surface area contributed by atoms with Gasteiger partial charge < -0.3 is 30.5 Å². The second-order valence-corrected chi connectivity index (χ2v) is 6.88. The maximum absolute atomic E-state index is 12.0. The van der Waals surface area contributed by atoms with Crippen LogP contribution in [0.2, 0.25) is 0 Å². The number of carbonyl (C=O) groups excluding carboxylic acids is 1. The topological polar surface area (TPSA) is 122 Å². The SMILES string of the molecule is COc1ccc(CC(=O)NCCCCN2C[C@H](O)[C@@H](O)[C@H](O)[C@H]2CO)cc1. The fourth-order valence-corrected chi connectivity index (χ4v) is 3.29. The van der Waals surface area contributed by atoms with Crippen molar-refractivity contribution in [3.63, 3.8) is 0 Å². The number of benzene rings is 1. The number of methoxy groups -OCH3 is 1. The summed E-state index contributed by atoms with van der Waals surface area (Å²) in [5.74, 6) is 0.696. The Morgan fingerprint density at radius 3 is 2.52 bits per heavy atom. The number of aliphatic hydroxyl groups is 4.